The minimum absolute atomic E-state index is 0.0990. The molecule has 0 saturated heterocycles. The molecule has 0 spiro atoms. The third-order valence-corrected chi connectivity index (χ3v) is 2.76. The van der Waals surface area contributed by atoms with Gasteiger partial charge in [0.1, 0.15) is 11.6 Å². The molecular formula is C13H19N3O3. The fourth-order valence-electron chi connectivity index (χ4n) is 1.60. The number of methoxy groups -OCH3 is 1. The SMILES string of the molecule is CCC(CC(N)=NO)NC(=O)c1ccc(OC)cc1. The highest BCUT2D eigenvalue weighted by atomic mass is 16.5. The first-order valence-corrected chi connectivity index (χ1v) is 6.02. The maximum Gasteiger partial charge on any atom is 0.251 e. The summed E-state index contributed by atoms with van der Waals surface area (Å²) in [6.45, 7) is 1.92. The van der Waals surface area contributed by atoms with Gasteiger partial charge in [0.05, 0.1) is 7.11 Å². The van der Waals surface area contributed by atoms with Gasteiger partial charge in [-0.05, 0) is 30.7 Å². The first-order valence-electron chi connectivity index (χ1n) is 6.02. The van der Waals surface area contributed by atoms with Crippen LogP contribution in [0.5, 0.6) is 5.75 Å². The molecule has 1 atom stereocenters. The summed E-state index contributed by atoms with van der Waals surface area (Å²) >= 11 is 0. The third kappa shape index (κ3) is 4.50. The Morgan fingerprint density at radius 2 is 2.11 bits per heavy atom. The van der Waals surface area contributed by atoms with Crippen LogP contribution in [-0.2, 0) is 0 Å². The Morgan fingerprint density at radius 3 is 2.58 bits per heavy atom. The molecule has 19 heavy (non-hydrogen) atoms. The molecule has 4 N–H and O–H groups in total. The molecule has 6 heteroatoms. The van der Waals surface area contributed by atoms with Gasteiger partial charge in [-0.3, -0.25) is 4.79 Å². The molecule has 0 aliphatic heterocycles. The molecule has 0 radical (unpaired) electrons. The standard InChI is InChI=1S/C13H19N3O3/c1-3-10(8-12(14)16-18)15-13(17)9-4-6-11(19-2)7-5-9/h4-7,10,18H,3,8H2,1-2H3,(H2,14,16)(H,15,17). The van der Waals surface area contributed by atoms with E-state index in [4.69, 9.17) is 15.7 Å². The second kappa shape index (κ2) is 7.25. The van der Waals surface area contributed by atoms with Crippen molar-refractivity contribution in [2.45, 2.75) is 25.8 Å². The van der Waals surface area contributed by atoms with Gasteiger partial charge in [-0.15, -0.1) is 0 Å². The Hall–Kier alpha value is -2.24. The van der Waals surface area contributed by atoms with Gasteiger partial charge in [-0.1, -0.05) is 12.1 Å². The van der Waals surface area contributed by atoms with Crippen molar-refractivity contribution in [3.8, 4) is 5.75 Å². The van der Waals surface area contributed by atoms with Crippen LogP contribution in [0.15, 0.2) is 29.4 Å². The minimum atomic E-state index is -0.194. The molecule has 0 bridgehead atoms. The Labute approximate surface area is 112 Å². The summed E-state index contributed by atoms with van der Waals surface area (Å²) < 4.78 is 5.03. The molecule has 0 saturated carbocycles. The van der Waals surface area contributed by atoms with Crippen molar-refractivity contribution in [3.05, 3.63) is 29.8 Å². The van der Waals surface area contributed by atoms with Crippen molar-refractivity contribution >= 4 is 11.7 Å². The Balaban J connectivity index is 2.65. The monoisotopic (exact) mass is 265 g/mol. The maximum atomic E-state index is 12.0. The lowest BCUT2D eigenvalue weighted by molar-refractivity contribution is 0.0937. The summed E-state index contributed by atoms with van der Waals surface area (Å²) in [6.07, 6.45) is 1.01. The van der Waals surface area contributed by atoms with Gasteiger partial charge in [-0.25, -0.2) is 0 Å². The van der Waals surface area contributed by atoms with Crippen LogP contribution < -0.4 is 15.8 Å². The number of ether oxygens (including phenoxy) is 1. The average Bonchev–Trinajstić information content (AvgIpc) is 2.46. The van der Waals surface area contributed by atoms with Crippen molar-refractivity contribution in [2.24, 2.45) is 10.9 Å². The number of hydrogen-bond donors (Lipinski definition) is 3. The van der Waals surface area contributed by atoms with Crippen molar-refractivity contribution in [1.29, 1.82) is 0 Å². The molecule has 1 rings (SSSR count). The predicted octanol–water partition coefficient (Wildman–Crippen LogP) is 1.34. The van der Waals surface area contributed by atoms with Crippen LogP contribution in [0, 0.1) is 0 Å². The van der Waals surface area contributed by atoms with Crippen molar-refractivity contribution < 1.29 is 14.7 Å². The second-order valence-corrected chi connectivity index (χ2v) is 4.10. The number of nitrogens with two attached hydrogens (primary N) is 1. The van der Waals surface area contributed by atoms with Crippen LogP contribution in [0.1, 0.15) is 30.1 Å². The van der Waals surface area contributed by atoms with Crippen molar-refractivity contribution in [1.82, 2.24) is 5.32 Å². The number of nitrogens with one attached hydrogen (secondary N) is 1. The van der Waals surface area contributed by atoms with Crippen LogP contribution in [0.25, 0.3) is 0 Å². The quantitative estimate of drug-likeness (QED) is 0.313. The lowest BCUT2D eigenvalue weighted by Gasteiger charge is -2.16. The zero-order valence-electron chi connectivity index (χ0n) is 11.1. The molecule has 0 aliphatic rings. The van der Waals surface area contributed by atoms with Crippen molar-refractivity contribution in [2.75, 3.05) is 7.11 Å². The van der Waals surface area contributed by atoms with Gasteiger partial charge < -0.3 is 21.0 Å². The topological polar surface area (TPSA) is 96.9 Å². The Morgan fingerprint density at radius 1 is 1.47 bits per heavy atom. The van der Waals surface area contributed by atoms with Crippen LogP contribution in [0.2, 0.25) is 0 Å². The van der Waals surface area contributed by atoms with E-state index in [-0.39, 0.29) is 17.8 Å². The molecule has 1 unspecified atom stereocenters. The first kappa shape index (κ1) is 14.8. The number of rotatable bonds is 6. The predicted molar refractivity (Wildman–Crippen MR) is 72.6 cm³/mol. The van der Waals surface area contributed by atoms with Gasteiger partial charge in [0.15, 0.2) is 0 Å². The number of amides is 1. The highest BCUT2D eigenvalue weighted by Crippen LogP contribution is 2.11. The molecule has 0 aromatic heterocycles. The van der Waals surface area contributed by atoms with E-state index in [2.05, 4.69) is 10.5 Å². The normalized spacial score (nSPS) is 12.8. The van der Waals surface area contributed by atoms with Gasteiger partial charge in [0.25, 0.3) is 5.91 Å². The summed E-state index contributed by atoms with van der Waals surface area (Å²) in [4.78, 5) is 12.0. The maximum absolute atomic E-state index is 12.0. The molecule has 6 nitrogen and oxygen atoms in total. The van der Waals surface area contributed by atoms with Gasteiger partial charge in [0.2, 0.25) is 0 Å². The highest BCUT2D eigenvalue weighted by Gasteiger charge is 2.13. The number of benzene rings is 1. The van der Waals surface area contributed by atoms with E-state index in [1.165, 1.54) is 0 Å². The fourth-order valence-corrected chi connectivity index (χ4v) is 1.60. The van der Waals surface area contributed by atoms with Gasteiger partial charge in [-0.2, -0.15) is 0 Å². The molecule has 1 aromatic carbocycles. The fraction of sp³-hybridized carbons (Fsp3) is 0.385. The molecule has 0 aliphatic carbocycles. The van der Waals surface area contributed by atoms with E-state index in [0.29, 0.717) is 24.2 Å². The van der Waals surface area contributed by atoms with E-state index in [9.17, 15) is 4.79 Å². The van der Waals surface area contributed by atoms with Gasteiger partial charge in [0, 0.05) is 18.0 Å². The van der Waals surface area contributed by atoms with E-state index in [1.54, 1.807) is 31.4 Å². The van der Waals surface area contributed by atoms with E-state index in [1.807, 2.05) is 6.92 Å². The summed E-state index contributed by atoms with van der Waals surface area (Å²) in [5.41, 5.74) is 5.97. The number of nitrogens with zero attached hydrogens (tertiary/aromatic N) is 1. The summed E-state index contributed by atoms with van der Waals surface area (Å²) in [6, 6.07) is 6.65. The zero-order chi connectivity index (χ0) is 14.3. The Bertz CT molecular complexity index is 443. The Kier molecular flexibility index (Phi) is 5.66. The highest BCUT2D eigenvalue weighted by molar-refractivity contribution is 5.94. The third-order valence-electron chi connectivity index (χ3n) is 2.76. The molecule has 104 valence electrons. The number of carbonyl (C=O) groups excluding carboxylic acids is 1. The molecule has 0 fully saturated rings. The number of amidine groups is 1. The smallest absolute Gasteiger partial charge is 0.251 e. The number of carbonyl (C=O) groups is 1. The average molecular weight is 265 g/mol. The van der Waals surface area contributed by atoms with E-state index < -0.39 is 0 Å². The zero-order valence-corrected chi connectivity index (χ0v) is 11.1. The van der Waals surface area contributed by atoms with Crippen LogP contribution in [0.3, 0.4) is 0 Å². The molecular weight excluding hydrogens is 246 g/mol. The second-order valence-electron chi connectivity index (χ2n) is 4.10. The van der Waals surface area contributed by atoms with Crippen LogP contribution in [0.4, 0.5) is 0 Å². The van der Waals surface area contributed by atoms with E-state index >= 15 is 0 Å². The minimum Gasteiger partial charge on any atom is -0.497 e. The molecule has 0 heterocycles. The largest absolute Gasteiger partial charge is 0.497 e. The van der Waals surface area contributed by atoms with Crippen molar-refractivity contribution in [3.63, 3.8) is 0 Å². The summed E-state index contributed by atoms with van der Waals surface area (Å²) in [5, 5.41) is 14.3. The number of oxime groups is 1. The lowest BCUT2D eigenvalue weighted by Crippen LogP contribution is -2.37. The van der Waals surface area contributed by atoms with Crippen LogP contribution >= 0.6 is 0 Å². The molecule has 1 aromatic rings. The lowest BCUT2D eigenvalue weighted by atomic mass is 10.1. The summed E-state index contributed by atoms with van der Waals surface area (Å²) in [7, 11) is 1.57. The first-order chi connectivity index (χ1) is 9.10. The van der Waals surface area contributed by atoms with Gasteiger partial charge >= 0.3 is 0 Å². The van der Waals surface area contributed by atoms with E-state index in [0.717, 1.165) is 0 Å². The number of hydrogen-bond acceptors (Lipinski definition) is 4. The summed E-state index contributed by atoms with van der Waals surface area (Å²) in [5.74, 6) is 0.599. The van der Waals surface area contributed by atoms with Crippen LogP contribution in [-0.4, -0.2) is 30.1 Å². The molecule has 1 amide bonds.